The monoisotopic (exact) mass is 230 g/mol. The van der Waals surface area contributed by atoms with E-state index < -0.39 is 0 Å². The molecule has 0 N–H and O–H groups in total. The molecule has 0 amide bonds. The van der Waals surface area contributed by atoms with Crippen LogP contribution in [0.1, 0.15) is 44.2 Å². The summed E-state index contributed by atoms with van der Waals surface area (Å²) in [4.78, 5) is 11.8. The fourth-order valence-corrected chi connectivity index (χ4v) is 2.67. The topological polar surface area (TPSA) is 17.1 Å². The van der Waals surface area contributed by atoms with Gasteiger partial charge in [-0.25, -0.2) is 0 Å². The molecule has 17 heavy (non-hydrogen) atoms. The summed E-state index contributed by atoms with van der Waals surface area (Å²) in [5.41, 5.74) is 2.99. The number of Topliss-reactive ketones (excluding diaryl/α,β-unsaturated/α-hetero) is 1. The molecule has 92 valence electrons. The zero-order chi connectivity index (χ0) is 12.3. The summed E-state index contributed by atoms with van der Waals surface area (Å²) in [6.45, 7) is 4.14. The number of rotatable bonds is 5. The van der Waals surface area contributed by atoms with E-state index in [-0.39, 0.29) is 5.92 Å². The molecular formula is C16H22O. The number of benzene rings is 1. The lowest BCUT2D eigenvalue weighted by atomic mass is 9.93. The Morgan fingerprint density at radius 1 is 1.29 bits per heavy atom. The van der Waals surface area contributed by atoms with E-state index in [0.29, 0.717) is 11.7 Å². The van der Waals surface area contributed by atoms with Crippen LogP contribution < -0.4 is 0 Å². The number of hydrogen-bond donors (Lipinski definition) is 0. The summed E-state index contributed by atoms with van der Waals surface area (Å²) in [5, 5.41) is 0. The molecule has 1 nitrogen and oxygen atoms in total. The summed E-state index contributed by atoms with van der Waals surface area (Å²) in [6, 6.07) is 8.69. The molecule has 1 aliphatic carbocycles. The van der Waals surface area contributed by atoms with Gasteiger partial charge in [0.1, 0.15) is 5.78 Å². The molecule has 0 aromatic heterocycles. The van der Waals surface area contributed by atoms with Gasteiger partial charge < -0.3 is 0 Å². The maximum Gasteiger partial charge on any atom is 0.135 e. The maximum atomic E-state index is 11.8. The van der Waals surface area contributed by atoms with Crippen molar-refractivity contribution in [2.75, 3.05) is 0 Å². The van der Waals surface area contributed by atoms with Crippen molar-refractivity contribution in [3.63, 3.8) is 0 Å². The predicted molar refractivity (Wildman–Crippen MR) is 71.0 cm³/mol. The van der Waals surface area contributed by atoms with Crippen LogP contribution in [0.15, 0.2) is 24.3 Å². The van der Waals surface area contributed by atoms with Crippen LogP contribution in [0, 0.1) is 11.8 Å². The third-order valence-electron chi connectivity index (χ3n) is 4.10. The predicted octanol–water partition coefficient (Wildman–Crippen LogP) is 3.80. The van der Waals surface area contributed by atoms with Gasteiger partial charge in [0, 0.05) is 12.3 Å². The quantitative estimate of drug-likeness (QED) is 0.752. The molecule has 0 radical (unpaired) electrons. The van der Waals surface area contributed by atoms with Crippen LogP contribution in [0.5, 0.6) is 0 Å². The number of ketones is 1. The highest BCUT2D eigenvalue weighted by molar-refractivity contribution is 5.80. The van der Waals surface area contributed by atoms with Gasteiger partial charge in [0.2, 0.25) is 0 Å². The zero-order valence-electron chi connectivity index (χ0n) is 10.9. The van der Waals surface area contributed by atoms with Gasteiger partial charge in [0.15, 0.2) is 0 Å². The summed E-state index contributed by atoms with van der Waals surface area (Å²) in [7, 11) is 0. The zero-order valence-corrected chi connectivity index (χ0v) is 10.9. The van der Waals surface area contributed by atoms with Crippen molar-refractivity contribution in [1.29, 1.82) is 0 Å². The van der Waals surface area contributed by atoms with Crippen LogP contribution in [-0.4, -0.2) is 5.78 Å². The Kier molecular flexibility index (Phi) is 3.98. The summed E-state index contributed by atoms with van der Waals surface area (Å²) >= 11 is 0. The van der Waals surface area contributed by atoms with Crippen molar-refractivity contribution in [2.24, 2.45) is 11.8 Å². The molecule has 1 heteroatoms. The van der Waals surface area contributed by atoms with Gasteiger partial charge in [-0.05, 0) is 42.7 Å². The molecule has 0 spiro atoms. The standard InChI is InChI=1S/C16H22O/c1-3-12(2)16(17)9-8-13-10-14-6-4-5-7-15(14)11-13/h4-7,12-13H,3,8-11H2,1-2H3. The van der Waals surface area contributed by atoms with Gasteiger partial charge in [0.25, 0.3) is 0 Å². The third-order valence-corrected chi connectivity index (χ3v) is 4.10. The SMILES string of the molecule is CCC(C)C(=O)CCC1Cc2ccccc2C1. The van der Waals surface area contributed by atoms with Crippen molar-refractivity contribution in [2.45, 2.75) is 46.0 Å². The third kappa shape index (κ3) is 2.96. The second-order valence-electron chi connectivity index (χ2n) is 5.36. The number of hydrogen-bond acceptors (Lipinski definition) is 1. The number of carbonyl (C=O) groups excluding carboxylic acids is 1. The van der Waals surface area contributed by atoms with E-state index in [1.54, 1.807) is 0 Å². The molecule has 1 aromatic rings. The van der Waals surface area contributed by atoms with Crippen LogP contribution in [-0.2, 0) is 17.6 Å². The molecule has 0 aliphatic heterocycles. The highest BCUT2D eigenvalue weighted by Gasteiger charge is 2.22. The molecule has 1 atom stereocenters. The Labute approximate surface area is 104 Å². The van der Waals surface area contributed by atoms with Crippen molar-refractivity contribution in [3.05, 3.63) is 35.4 Å². The Morgan fingerprint density at radius 2 is 1.88 bits per heavy atom. The van der Waals surface area contributed by atoms with Gasteiger partial charge in [-0.1, -0.05) is 38.1 Å². The average Bonchev–Trinajstić information content (AvgIpc) is 2.77. The van der Waals surface area contributed by atoms with Crippen molar-refractivity contribution >= 4 is 5.78 Å². The maximum absolute atomic E-state index is 11.8. The smallest absolute Gasteiger partial charge is 0.135 e. The highest BCUT2D eigenvalue weighted by Crippen LogP contribution is 2.29. The van der Waals surface area contributed by atoms with Gasteiger partial charge in [-0.2, -0.15) is 0 Å². The fourth-order valence-electron chi connectivity index (χ4n) is 2.67. The molecule has 0 bridgehead atoms. The molecule has 1 unspecified atom stereocenters. The minimum atomic E-state index is 0.249. The first-order valence-electron chi connectivity index (χ1n) is 6.80. The average molecular weight is 230 g/mol. The minimum absolute atomic E-state index is 0.249. The lowest BCUT2D eigenvalue weighted by molar-refractivity contribution is -0.122. The molecule has 1 aromatic carbocycles. The summed E-state index contributed by atoms with van der Waals surface area (Å²) < 4.78 is 0. The van der Waals surface area contributed by atoms with E-state index >= 15 is 0 Å². The van der Waals surface area contributed by atoms with E-state index in [4.69, 9.17) is 0 Å². The van der Waals surface area contributed by atoms with Gasteiger partial charge >= 0.3 is 0 Å². The summed E-state index contributed by atoms with van der Waals surface area (Å²) in [6.07, 6.45) is 5.16. The van der Waals surface area contributed by atoms with Crippen molar-refractivity contribution in [3.8, 4) is 0 Å². The van der Waals surface area contributed by atoms with Crippen molar-refractivity contribution in [1.82, 2.24) is 0 Å². The minimum Gasteiger partial charge on any atom is -0.299 e. The van der Waals surface area contributed by atoms with Crippen LogP contribution in [0.4, 0.5) is 0 Å². The van der Waals surface area contributed by atoms with Crippen LogP contribution in [0.2, 0.25) is 0 Å². The fraction of sp³-hybridized carbons (Fsp3) is 0.562. The lowest BCUT2D eigenvalue weighted by Gasteiger charge is -2.10. The molecule has 0 heterocycles. The molecule has 0 saturated heterocycles. The number of carbonyl (C=O) groups is 1. The van der Waals surface area contributed by atoms with E-state index in [0.717, 1.165) is 19.3 Å². The second kappa shape index (κ2) is 5.48. The molecule has 0 saturated carbocycles. The van der Waals surface area contributed by atoms with E-state index in [9.17, 15) is 4.79 Å². The molecule has 1 aliphatic rings. The molecule has 2 rings (SSSR count). The largest absolute Gasteiger partial charge is 0.299 e. The van der Waals surface area contributed by atoms with Crippen LogP contribution in [0.3, 0.4) is 0 Å². The second-order valence-corrected chi connectivity index (χ2v) is 5.36. The Hall–Kier alpha value is -1.11. The Balaban J connectivity index is 1.82. The molecular weight excluding hydrogens is 208 g/mol. The Bertz CT molecular complexity index is 369. The van der Waals surface area contributed by atoms with Crippen molar-refractivity contribution < 1.29 is 4.79 Å². The van der Waals surface area contributed by atoms with Crippen LogP contribution >= 0.6 is 0 Å². The first-order valence-corrected chi connectivity index (χ1v) is 6.80. The lowest BCUT2D eigenvalue weighted by Crippen LogP contribution is -2.12. The summed E-state index contributed by atoms with van der Waals surface area (Å²) in [5.74, 6) is 1.39. The first kappa shape index (κ1) is 12.3. The van der Waals surface area contributed by atoms with Gasteiger partial charge in [-0.15, -0.1) is 0 Å². The Morgan fingerprint density at radius 3 is 2.41 bits per heavy atom. The van der Waals surface area contributed by atoms with Crippen LogP contribution in [0.25, 0.3) is 0 Å². The molecule has 0 fully saturated rings. The van der Waals surface area contributed by atoms with E-state index in [2.05, 4.69) is 31.2 Å². The number of fused-ring (bicyclic) bond motifs is 1. The highest BCUT2D eigenvalue weighted by atomic mass is 16.1. The van der Waals surface area contributed by atoms with E-state index in [1.165, 1.54) is 24.0 Å². The normalized spacial score (nSPS) is 16.8. The van der Waals surface area contributed by atoms with Gasteiger partial charge in [0.05, 0.1) is 0 Å². The van der Waals surface area contributed by atoms with E-state index in [1.807, 2.05) is 6.92 Å². The first-order chi connectivity index (χ1) is 8.20. The van der Waals surface area contributed by atoms with Gasteiger partial charge in [-0.3, -0.25) is 4.79 Å².